The molecule has 0 aliphatic carbocycles. The second kappa shape index (κ2) is 8.05. The summed E-state index contributed by atoms with van der Waals surface area (Å²) in [5, 5.41) is 0. The number of hydrogen-bond donors (Lipinski definition) is 0. The van der Waals surface area contributed by atoms with Crippen LogP contribution in [0.5, 0.6) is 0 Å². The maximum atomic E-state index is 2.36. The van der Waals surface area contributed by atoms with Gasteiger partial charge in [0.05, 0.1) is 0 Å². The van der Waals surface area contributed by atoms with Gasteiger partial charge in [-0.3, -0.25) is 0 Å². The summed E-state index contributed by atoms with van der Waals surface area (Å²) in [7, 11) is 0. The molecule has 0 saturated carbocycles. The molecule has 0 heteroatoms. The van der Waals surface area contributed by atoms with Gasteiger partial charge in [-0.1, -0.05) is 104 Å². The van der Waals surface area contributed by atoms with E-state index in [0.717, 1.165) is 12.8 Å². The predicted octanol–water partition coefficient (Wildman–Crippen LogP) is 7.64. The molecule has 0 aliphatic heterocycles. The molecule has 0 unspecified atom stereocenters. The lowest BCUT2D eigenvalue weighted by atomic mass is 9.86. The maximum Gasteiger partial charge on any atom is -0.0140 e. The van der Waals surface area contributed by atoms with E-state index in [2.05, 4.69) is 110 Å². The quantitative estimate of drug-likeness (QED) is 0.347. The Labute approximate surface area is 162 Å². The fraction of sp³-hybridized carbons (Fsp3) is 0.111. The van der Waals surface area contributed by atoms with Crippen LogP contribution in [-0.4, -0.2) is 0 Å². The van der Waals surface area contributed by atoms with E-state index in [1.54, 1.807) is 0 Å². The Morgan fingerprint density at radius 2 is 0.889 bits per heavy atom. The fourth-order valence-electron chi connectivity index (χ4n) is 3.74. The van der Waals surface area contributed by atoms with Crippen molar-refractivity contribution in [3.63, 3.8) is 0 Å². The molecule has 0 fully saturated rings. The van der Waals surface area contributed by atoms with Gasteiger partial charge in [-0.2, -0.15) is 0 Å². The Hall–Kier alpha value is -3.12. The zero-order valence-corrected chi connectivity index (χ0v) is 15.7. The minimum atomic E-state index is 1.07. The van der Waals surface area contributed by atoms with Crippen LogP contribution in [0, 0.1) is 0 Å². The van der Waals surface area contributed by atoms with Gasteiger partial charge in [-0.15, -0.1) is 0 Å². The van der Waals surface area contributed by atoms with Crippen molar-refractivity contribution >= 4 is 0 Å². The van der Waals surface area contributed by atoms with Crippen LogP contribution < -0.4 is 0 Å². The third kappa shape index (κ3) is 3.71. The number of benzene rings is 4. The van der Waals surface area contributed by atoms with E-state index in [9.17, 15) is 0 Å². The van der Waals surface area contributed by atoms with Gasteiger partial charge in [0.1, 0.15) is 0 Å². The Morgan fingerprint density at radius 3 is 1.30 bits per heavy atom. The van der Waals surface area contributed by atoms with Crippen molar-refractivity contribution in [2.75, 3.05) is 0 Å². The molecule has 0 bridgehead atoms. The summed E-state index contributed by atoms with van der Waals surface area (Å²) in [4.78, 5) is 0. The zero-order valence-electron chi connectivity index (χ0n) is 15.7. The van der Waals surface area contributed by atoms with Gasteiger partial charge < -0.3 is 0 Å². The van der Waals surface area contributed by atoms with Crippen molar-refractivity contribution in [3.8, 4) is 33.4 Å². The first kappa shape index (κ1) is 17.3. The van der Waals surface area contributed by atoms with Gasteiger partial charge in [0.25, 0.3) is 0 Å². The van der Waals surface area contributed by atoms with Crippen LogP contribution in [0.3, 0.4) is 0 Å². The van der Waals surface area contributed by atoms with Crippen molar-refractivity contribution < 1.29 is 0 Å². The maximum absolute atomic E-state index is 2.36. The highest BCUT2D eigenvalue weighted by Gasteiger charge is 2.14. The van der Waals surface area contributed by atoms with Gasteiger partial charge in [0.15, 0.2) is 0 Å². The summed E-state index contributed by atoms with van der Waals surface area (Å²) < 4.78 is 0. The first-order valence-electron chi connectivity index (χ1n) is 9.70. The van der Waals surface area contributed by atoms with Crippen molar-refractivity contribution in [1.82, 2.24) is 0 Å². The van der Waals surface area contributed by atoms with Crippen LogP contribution in [-0.2, 0) is 6.42 Å². The lowest BCUT2D eigenvalue weighted by Gasteiger charge is -2.18. The Balaban J connectivity index is 2.01. The highest BCUT2D eigenvalue weighted by atomic mass is 14.2. The lowest BCUT2D eigenvalue weighted by Crippen LogP contribution is -1.96. The largest absolute Gasteiger partial charge is 0.0651 e. The Kier molecular flexibility index (Phi) is 5.16. The molecule has 4 aromatic carbocycles. The molecule has 0 N–H and O–H groups in total. The zero-order chi connectivity index (χ0) is 18.5. The van der Waals surface area contributed by atoms with Crippen LogP contribution in [0.4, 0.5) is 0 Å². The smallest absolute Gasteiger partial charge is 0.0140 e. The lowest BCUT2D eigenvalue weighted by molar-refractivity contribution is 0.925. The second-order valence-corrected chi connectivity index (χ2v) is 6.90. The van der Waals surface area contributed by atoms with Crippen LogP contribution in [0.2, 0.25) is 0 Å². The number of hydrogen-bond acceptors (Lipinski definition) is 0. The highest BCUT2D eigenvalue weighted by molar-refractivity contribution is 5.85. The van der Waals surface area contributed by atoms with E-state index in [4.69, 9.17) is 0 Å². The molecule has 0 aromatic heterocycles. The normalized spacial score (nSPS) is 10.7. The highest BCUT2D eigenvalue weighted by Crippen LogP contribution is 2.38. The summed E-state index contributed by atoms with van der Waals surface area (Å²) in [6, 6.07) is 37.0. The standard InChI is InChI=1S/C27H24/c1-2-12-25-26(22-15-8-4-9-16-22)19-24(21-13-6-3-7-14-21)20-27(25)23-17-10-5-11-18-23/h3-11,13-20H,2,12H2,1H3. The van der Waals surface area contributed by atoms with E-state index in [0.29, 0.717) is 0 Å². The molecule has 132 valence electrons. The van der Waals surface area contributed by atoms with E-state index in [1.807, 2.05) is 0 Å². The van der Waals surface area contributed by atoms with E-state index < -0.39 is 0 Å². The Bertz CT molecular complexity index is 939. The minimum absolute atomic E-state index is 1.07. The summed E-state index contributed by atoms with van der Waals surface area (Å²) in [6.45, 7) is 2.26. The van der Waals surface area contributed by atoms with Crippen LogP contribution >= 0.6 is 0 Å². The SMILES string of the molecule is CCCc1c(-c2ccccc2)cc(-c2ccccc2)cc1-c1ccccc1. The van der Waals surface area contributed by atoms with Gasteiger partial charge in [0.2, 0.25) is 0 Å². The van der Waals surface area contributed by atoms with Crippen molar-refractivity contribution in [1.29, 1.82) is 0 Å². The van der Waals surface area contributed by atoms with Crippen molar-refractivity contribution in [2.24, 2.45) is 0 Å². The summed E-state index contributed by atoms with van der Waals surface area (Å²) >= 11 is 0. The molecule has 27 heavy (non-hydrogen) atoms. The average Bonchev–Trinajstić information content (AvgIpc) is 2.76. The first-order valence-corrected chi connectivity index (χ1v) is 9.70. The first-order chi connectivity index (χ1) is 13.4. The van der Waals surface area contributed by atoms with Gasteiger partial charge >= 0.3 is 0 Å². The van der Waals surface area contributed by atoms with Crippen molar-refractivity contribution in [2.45, 2.75) is 19.8 Å². The monoisotopic (exact) mass is 348 g/mol. The van der Waals surface area contributed by atoms with E-state index in [1.165, 1.54) is 38.9 Å². The topological polar surface area (TPSA) is 0 Å². The molecule has 0 radical (unpaired) electrons. The molecular formula is C27H24. The molecule has 0 saturated heterocycles. The van der Waals surface area contributed by atoms with Crippen LogP contribution in [0.15, 0.2) is 103 Å². The molecule has 0 spiro atoms. The summed E-state index contributed by atoms with van der Waals surface area (Å²) in [6.07, 6.45) is 2.20. The number of rotatable bonds is 5. The van der Waals surface area contributed by atoms with Crippen LogP contribution in [0.25, 0.3) is 33.4 Å². The Morgan fingerprint density at radius 1 is 0.481 bits per heavy atom. The molecule has 0 amide bonds. The minimum Gasteiger partial charge on any atom is -0.0651 e. The molecule has 4 aromatic rings. The average molecular weight is 348 g/mol. The van der Waals surface area contributed by atoms with E-state index in [-0.39, 0.29) is 0 Å². The van der Waals surface area contributed by atoms with Crippen LogP contribution in [0.1, 0.15) is 18.9 Å². The van der Waals surface area contributed by atoms with Crippen molar-refractivity contribution in [3.05, 3.63) is 109 Å². The molecule has 0 aliphatic rings. The van der Waals surface area contributed by atoms with E-state index >= 15 is 0 Å². The third-order valence-electron chi connectivity index (χ3n) is 5.03. The molecule has 0 atom stereocenters. The summed E-state index contributed by atoms with van der Waals surface area (Å²) in [5.41, 5.74) is 9.24. The summed E-state index contributed by atoms with van der Waals surface area (Å²) in [5.74, 6) is 0. The second-order valence-electron chi connectivity index (χ2n) is 6.90. The fourth-order valence-corrected chi connectivity index (χ4v) is 3.74. The van der Waals surface area contributed by atoms with Gasteiger partial charge in [-0.05, 0) is 57.5 Å². The van der Waals surface area contributed by atoms with Gasteiger partial charge in [0, 0.05) is 0 Å². The molecule has 0 nitrogen and oxygen atoms in total. The molecule has 0 heterocycles. The van der Waals surface area contributed by atoms with Gasteiger partial charge in [-0.25, -0.2) is 0 Å². The third-order valence-corrected chi connectivity index (χ3v) is 5.03. The predicted molar refractivity (Wildman–Crippen MR) is 117 cm³/mol. The molecule has 4 rings (SSSR count). The molecular weight excluding hydrogens is 324 g/mol.